The number of likely N-dealkylation sites (tertiary alicyclic amines) is 1. The molecule has 0 bridgehead atoms. The number of nitrogens with one attached hydrogen (secondary N) is 2. The number of hydrogen-bond donors (Lipinski definition) is 2. The Morgan fingerprint density at radius 3 is 2.50 bits per heavy atom. The van der Waals surface area contributed by atoms with E-state index in [1.807, 2.05) is 7.05 Å². The van der Waals surface area contributed by atoms with Gasteiger partial charge < -0.3 is 15.5 Å². The summed E-state index contributed by atoms with van der Waals surface area (Å²) in [4.78, 5) is 6.77. The van der Waals surface area contributed by atoms with Gasteiger partial charge in [-0.15, -0.1) is 0 Å². The number of nitrogens with zero attached hydrogens (tertiary/aromatic N) is 2. The van der Waals surface area contributed by atoms with Gasteiger partial charge in [0.05, 0.1) is 0 Å². The van der Waals surface area contributed by atoms with Gasteiger partial charge in [0.25, 0.3) is 0 Å². The highest BCUT2D eigenvalue weighted by Crippen LogP contribution is 2.14. The molecule has 0 amide bonds. The fourth-order valence-corrected chi connectivity index (χ4v) is 2.14. The third-order valence-electron chi connectivity index (χ3n) is 3.50. The van der Waals surface area contributed by atoms with E-state index in [2.05, 4.69) is 41.3 Å². The van der Waals surface area contributed by atoms with E-state index in [-0.39, 0.29) is 0 Å². The second-order valence-corrected chi connectivity index (χ2v) is 5.80. The maximum absolute atomic E-state index is 4.23. The van der Waals surface area contributed by atoms with Crippen LogP contribution in [0, 0.1) is 11.8 Å². The first kappa shape index (κ1) is 15.3. The van der Waals surface area contributed by atoms with Crippen LogP contribution in [0.3, 0.4) is 0 Å². The van der Waals surface area contributed by atoms with Crippen molar-refractivity contribution in [3.8, 4) is 0 Å². The Labute approximate surface area is 112 Å². The Bertz CT molecular complexity index is 242. The third kappa shape index (κ3) is 6.24. The maximum atomic E-state index is 4.23. The molecule has 1 fully saturated rings. The lowest BCUT2D eigenvalue weighted by molar-refractivity contribution is 0.195. The van der Waals surface area contributed by atoms with Gasteiger partial charge in [0.2, 0.25) is 0 Å². The van der Waals surface area contributed by atoms with Crippen molar-refractivity contribution in [2.45, 2.75) is 33.6 Å². The summed E-state index contributed by atoms with van der Waals surface area (Å²) in [5, 5.41) is 6.71. The molecule has 1 aliphatic rings. The maximum Gasteiger partial charge on any atom is 0.191 e. The lowest BCUT2D eigenvalue weighted by Crippen LogP contribution is -2.44. The summed E-state index contributed by atoms with van der Waals surface area (Å²) >= 11 is 0. The molecule has 0 saturated carbocycles. The molecule has 0 unspecified atom stereocenters. The lowest BCUT2D eigenvalue weighted by Gasteiger charge is -2.30. The molecular weight excluding hydrogens is 224 g/mol. The van der Waals surface area contributed by atoms with Crippen molar-refractivity contribution < 1.29 is 0 Å². The number of rotatable bonds is 5. The first-order chi connectivity index (χ1) is 8.61. The summed E-state index contributed by atoms with van der Waals surface area (Å²) in [6, 6.07) is 0. The van der Waals surface area contributed by atoms with E-state index in [1.54, 1.807) is 0 Å². The Morgan fingerprint density at radius 1 is 1.28 bits per heavy atom. The van der Waals surface area contributed by atoms with Crippen LogP contribution in [-0.2, 0) is 0 Å². The normalized spacial score (nSPS) is 19.3. The topological polar surface area (TPSA) is 39.7 Å². The van der Waals surface area contributed by atoms with Crippen LogP contribution >= 0.6 is 0 Å². The van der Waals surface area contributed by atoms with Crippen molar-refractivity contribution in [2.24, 2.45) is 16.8 Å². The average molecular weight is 254 g/mol. The van der Waals surface area contributed by atoms with Gasteiger partial charge in [0, 0.05) is 26.7 Å². The van der Waals surface area contributed by atoms with Crippen LogP contribution in [0.5, 0.6) is 0 Å². The monoisotopic (exact) mass is 254 g/mol. The van der Waals surface area contributed by atoms with Gasteiger partial charge in [-0.3, -0.25) is 4.99 Å². The van der Waals surface area contributed by atoms with E-state index in [4.69, 9.17) is 0 Å². The first-order valence-corrected chi connectivity index (χ1v) is 7.28. The highest BCUT2D eigenvalue weighted by atomic mass is 15.2. The molecule has 4 heteroatoms. The highest BCUT2D eigenvalue weighted by Gasteiger charge is 2.14. The summed E-state index contributed by atoms with van der Waals surface area (Å²) in [6.45, 7) is 12.3. The second-order valence-electron chi connectivity index (χ2n) is 5.80. The van der Waals surface area contributed by atoms with Crippen LogP contribution in [0.2, 0.25) is 0 Å². The number of piperidine rings is 1. The van der Waals surface area contributed by atoms with Crippen LogP contribution in [0.25, 0.3) is 0 Å². The van der Waals surface area contributed by atoms with E-state index >= 15 is 0 Å². The standard InChI is InChI=1S/C14H30N4/c1-12(2)11-17-14(15-4)16-7-10-18-8-5-13(3)6-9-18/h12-13H,5-11H2,1-4H3,(H2,15,16,17). The molecule has 0 atom stereocenters. The minimum atomic E-state index is 0.645. The van der Waals surface area contributed by atoms with E-state index in [9.17, 15) is 0 Å². The summed E-state index contributed by atoms with van der Waals surface area (Å²) in [5.41, 5.74) is 0. The van der Waals surface area contributed by atoms with E-state index < -0.39 is 0 Å². The number of guanidine groups is 1. The predicted octanol–water partition coefficient (Wildman–Crippen LogP) is 1.54. The molecule has 1 saturated heterocycles. The van der Waals surface area contributed by atoms with Crippen molar-refractivity contribution in [2.75, 3.05) is 39.8 Å². The highest BCUT2D eigenvalue weighted by molar-refractivity contribution is 5.79. The van der Waals surface area contributed by atoms with Gasteiger partial charge in [0.15, 0.2) is 5.96 Å². The molecule has 0 aromatic heterocycles. The Morgan fingerprint density at radius 2 is 1.94 bits per heavy atom. The molecule has 4 nitrogen and oxygen atoms in total. The SMILES string of the molecule is CN=C(NCCN1CCC(C)CC1)NCC(C)C. The van der Waals surface area contributed by atoms with Crippen LogP contribution in [0.15, 0.2) is 4.99 Å². The largest absolute Gasteiger partial charge is 0.356 e. The fourth-order valence-electron chi connectivity index (χ4n) is 2.14. The van der Waals surface area contributed by atoms with Crippen LogP contribution < -0.4 is 10.6 Å². The summed E-state index contributed by atoms with van der Waals surface area (Å²) in [6.07, 6.45) is 2.70. The molecule has 1 rings (SSSR count). The first-order valence-electron chi connectivity index (χ1n) is 7.28. The van der Waals surface area contributed by atoms with Crippen molar-refractivity contribution >= 4 is 5.96 Å². The van der Waals surface area contributed by atoms with Gasteiger partial charge in [0.1, 0.15) is 0 Å². The molecule has 0 spiro atoms. The molecule has 1 aliphatic heterocycles. The van der Waals surface area contributed by atoms with Crippen LogP contribution in [0.4, 0.5) is 0 Å². The van der Waals surface area contributed by atoms with Crippen LogP contribution in [-0.4, -0.2) is 50.6 Å². The molecule has 2 N–H and O–H groups in total. The van der Waals surface area contributed by atoms with Crippen molar-refractivity contribution in [3.05, 3.63) is 0 Å². The van der Waals surface area contributed by atoms with Gasteiger partial charge >= 0.3 is 0 Å². The minimum absolute atomic E-state index is 0.645. The minimum Gasteiger partial charge on any atom is -0.356 e. The zero-order valence-electron chi connectivity index (χ0n) is 12.5. The zero-order chi connectivity index (χ0) is 13.4. The Hall–Kier alpha value is -0.770. The molecule has 106 valence electrons. The number of aliphatic imine (C=N–C) groups is 1. The third-order valence-corrected chi connectivity index (χ3v) is 3.50. The lowest BCUT2D eigenvalue weighted by atomic mass is 9.99. The predicted molar refractivity (Wildman–Crippen MR) is 79.0 cm³/mol. The molecule has 0 aromatic carbocycles. The molecule has 0 aliphatic carbocycles. The molecule has 0 radical (unpaired) electrons. The zero-order valence-corrected chi connectivity index (χ0v) is 12.5. The summed E-state index contributed by atoms with van der Waals surface area (Å²) in [5.74, 6) is 2.48. The second kappa shape index (κ2) is 8.35. The molecule has 0 aromatic rings. The fraction of sp³-hybridized carbons (Fsp3) is 0.929. The van der Waals surface area contributed by atoms with E-state index in [1.165, 1.54) is 25.9 Å². The van der Waals surface area contributed by atoms with Gasteiger partial charge in [-0.05, 0) is 37.8 Å². The summed E-state index contributed by atoms with van der Waals surface area (Å²) in [7, 11) is 1.83. The van der Waals surface area contributed by atoms with Gasteiger partial charge in [-0.25, -0.2) is 0 Å². The van der Waals surface area contributed by atoms with Gasteiger partial charge in [-0.1, -0.05) is 20.8 Å². The average Bonchev–Trinajstić information content (AvgIpc) is 2.35. The van der Waals surface area contributed by atoms with Crippen molar-refractivity contribution in [1.82, 2.24) is 15.5 Å². The smallest absolute Gasteiger partial charge is 0.191 e. The Balaban J connectivity index is 2.12. The van der Waals surface area contributed by atoms with E-state index in [0.717, 1.165) is 31.5 Å². The Kier molecular flexibility index (Phi) is 7.09. The summed E-state index contributed by atoms with van der Waals surface area (Å²) < 4.78 is 0. The molecule has 18 heavy (non-hydrogen) atoms. The van der Waals surface area contributed by atoms with Crippen molar-refractivity contribution in [3.63, 3.8) is 0 Å². The van der Waals surface area contributed by atoms with Crippen LogP contribution in [0.1, 0.15) is 33.6 Å². The number of hydrogen-bond acceptors (Lipinski definition) is 2. The molecular formula is C14H30N4. The van der Waals surface area contributed by atoms with Crippen molar-refractivity contribution in [1.29, 1.82) is 0 Å². The van der Waals surface area contributed by atoms with Gasteiger partial charge in [-0.2, -0.15) is 0 Å². The molecule has 1 heterocycles. The van der Waals surface area contributed by atoms with E-state index in [0.29, 0.717) is 5.92 Å². The quantitative estimate of drug-likeness (QED) is 0.577.